The van der Waals surface area contributed by atoms with Gasteiger partial charge in [-0.1, -0.05) is 26.2 Å². The van der Waals surface area contributed by atoms with E-state index in [1.165, 1.54) is 32.1 Å². The molecule has 0 aromatic heterocycles. The van der Waals surface area contributed by atoms with Gasteiger partial charge in [0.1, 0.15) is 4.33 Å². The number of rotatable bonds is 2. The zero-order chi connectivity index (χ0) is 8.32. The molecular formula is C9H15Cl2. The highest BCUT2D eigenvalue weighted by Crippen LogP contribution is 2.41. The smallest absolute Gasteiger partial charge is 0.101 e. The van der Waals surface area contributed by atoms with Crippen LogP contribution in [0.1, 0.15) is 38.5 Å². The summed E-state index contributed by atoms with van der Waals surface area (Å²) >= 11 is 12.2. The first-order valence-corrected chi connectivity index (χ1v) is 5.09. The van der Waals surface area contributed by atoms with Gasteiger partial charge in [-0.05, 0) is 25.2 Å². The van der Waals surface area contributed by atoms with Crippen molar-refractivity contribution in [3.8, 4) is 0 Å². The molecule has 1 saturated carbocycles. The molecule has 0 aromatic rings. The Hall–Kier alpha value is 0.580. The third-order valence-electron chi connectivity index (χ3n) is 2.54. The molecule has 0 saturated heterocycles. The predicted octanol–water partition coefficient (Wildman–Crippen LogP) is 3.96. The van der Waals surface area contributed by atoms with Gasteiger partial charge in [-0.25, -0.2) is 0 Å². The summed E-state index contributed by atoms with van der Waals surface area (Å²) < 4.78 is -0.555. The van der Waals surface area contributed by atoms with E-state index in [0.29, 0.717) is 12.3 Å². The van der Waals surface area contributed by atoms with E-state index in [1.54, 1.807) is 0 Å². The van der Waals surface area contributed by atoms with Crippen LogP contribution in [0.4, 0.5) is 0 Å². The fourth-order valence-corrected chi connectivity index (χ4v) is 2.17. The lowest BCUT2D eigenvalue weighted by Gasteiger charge is -2.31. The van der Waals surface area contributed by atoms with Gasteiger partial charge in [0.05, 0.1) is 0 Å². The van der Waals surface area contributed by atoms with Crippen molar-refractivity contribution in [3.63, 3.8) is 0 Å². The Labute approximate surface area is 79.3 Å². The third kappa shape index (κ3) is 2.52. The van der Waals surface area contributed by atoms with Gasteiger partial charge in [0, 0.05) is 0 Å². The first-order valence-electron chi connectivity index (χ1n) is 4.34. The van der Waals surface area contributed by atoms with E-state index >= 15 is 0 Å². The maximum absolute atomic E-state index is 6.10. The minimum Gasteiger partial charge on any atom is -0.101 e. The van der Waals surface area contributed by atoms with Gasteiger partial charge in [-0.2, -0.15) is 0 Å². The van der Waals surface area contributed by atoms with Crippen LogP contribution in [0, 0.1) is 12.8 Å². The molecule has 1 rings (SSSR count). The second-order valence-corrected chi connectivity index (χ2v) is 4.89. The largest absolute Gasteiger partial charge is 0.121 e. The molecule has 0 aromatic carbocycles. The highest BCUT2D eigenvalue weighted by molar-refractivity contribution is 6.48. The molecular weight excluding hydrogens is 179 g/mol. The topological polar surface area (TPSA) is 0 Å². The number of hydrogen-bond donors (Lipinski definition) is 0. The molecule has 65 valence electrons. The Bertz CT molecular complexity index is 115. The van der Waals surface area contributed by atoms with Crippen LogP contribution in [0.3, 0.4) is 0 Å². The molecule has 0 amide bonds. The maximum Gasteiger partial charge on any atom is 0.121 e. The number of hydrogen-bond acceptors (Lipinski definition) is 0. The van der Waals surface area contributed by atoms with Crippen molar-refractivity contribution in [1.29, 1.82) is 0 Å². The van der Waals surface area contributed by atoms with Crippen LogP contribution in [0.5, 0.6) is 0 Å². The Morgan fingerprint density at radius 2 is 1.73 bits per heavy atom. The van der Waals surface area contributed by atoms with E-state index in [9.17, 15) is 0 Å². The second kappa shape index (κ2) is 4.00. The monoisotopic (exact) mass is 193 g/mol. The summed E-state index contributed by atoms with van der Waals surface area (Å²) in [6.45, 7) is 3.77. The van der Waals surface area contributed by atoms with Gasteiger partial charge in [-0.15, -0.1) is 23.2 Å². The summed E-state index contributed by atoms with van der Waals surface area (Å²) in [7, 11) is 0. The molecule has 0 atom stereocenters. The molecule has 0 unspecified atom stereocenters. The van der Waals surface area contributed by atoms with Gasteiger partial charge < -0.3 is 0 Å². The minimum atomic E-state index is -0.555. The lowest BCUT2D eigenvalue weighted by molar-refractivity contribution is 0.325. The maximum atomic E-state index is 6.10. The summed E-state index contributed by atoms with van der Waals surface area (Å²) in [5.74, 6) is 0.483. The molecule has 1 aliphatic carbocycles. The fraction of sp³-hybridized carbons (Fsp3) is 0.889. The van der Waals surface area contributed by atoms with Gasteiger partial charge in [0.25, 0.3) is 0 Å². The van der Waals surface area contributed by atoms with Crippen LogP contribution in [0.15, 0.2) is 0 Å². The van der Waals surface area contributed by atoms with Crippen LogP contribution in [-0.2, 0) is 0 Å². The summed E-state index contributed by atoms with van der Waals surface area (Å²) in [6.07, 6.45) is 6.90. The third-order valence-corrected chi connectivity index (χ3v) is 3.53. The van der Waals surface area contributed by atoms with Gasteiger partial charge in [0.2, 0.25) is 0 Å². The molecule has 0 spiro atoms. The normalized spacial score (nSPS) is 22.1. The number of halogens is 2. The summed E-state index contributed by atoms with van der Waals surface area (Å²) in [5.41, 5.74) is 0. The van der Waals surface area contributed by atoms with Crippen LogP contribution in [0.25, 0.3) is 0 Å². The van der Waals surface area contributed by atoms with Crippen molar-refractivity contribution in [2.75, 3.05) is 0 Å². The Balaban J connectivity index is 2.43. The molecule has 2 heteroatoms. The molecule has 1 fully saturated rings. The quantitative estimate of drug-likeness (QED) is 0.583. The van der Waals surface area contributed by atoms with Crippen molar-refractivity contribution >= 4 is 23.2 Å². The molecule has 0 heterocycles. The SMILES string of the molecule is [CH2]CC(Cl)(Cl)C1CCCCC1. The van der Waals surface area contributed by atoms with Crippen LogP contribution in [-0.4, -0.2) is 4.33 Å². The van der Waals surface area contributed by atoms with E-state index in [0.717, 1.165) is 0 Å². The van der Waals surface area contributed by atoms with Crippen molar-refractivity contribution < 1.29 is 0 Å². The summed E-state index contributed by atoms with van der Waals surface area (Å²) in [4.78, 5) is 0. The van der Waals surface area contributed by atoms with Crippen molar-refractivity contribution in [1.82, 2.24) is 0 Å². The van der Waals surface area contributed by atoms with Gasteiger partial charge >= 0.3 is 0 Å². The minimum absolute atomic E-state index is 0.483. The van der Waals surface area contributed by atoms with E-state index in [-0.39, 0.29) is 0 Å². The van der Waals surface area contributed by atoms with Gasteiger partial charge in [0.15, 0.2) is 0 Å². The highest BCUT2D eigenvalue weighted by atomic mass is 35.5. The number of alkyl halides is 2. The van der Waals surface area contributed by atoms with E-state index < -0.39 is 4.33 Å². The predicted molar refractivity (Wildman–Crippen MR) is 51.0 cm³/mol. The van der Waals surface area contributed by atoms with E-state index in [2.05, 4.69) is 6.92 Å². The summed E-state index contributed by atoms with van der Waals surface area (Å²) in [6, 6.07) is 0. The first-order chi connectivity index (χ1) is 5.17. The van der Waals surface area contributed by atoms with Crippen LogP contribution >= 0.6 is 23.2 Å². The zero-order valence-corrected chi connectivity index (χ0v) is 8.29. The van der Waals surface area contributed by atoms with Crippen molar-refractivity contribution in [3.05, 3.63) is 6.92 Å². The Morgan fingerprint density at radius 3 is 2.18 bits per heavy atom. The van der Waals surface area contributed by atoms with Crippen molar-refractivity contribution in [2.45, 2.75) is 42.9 Å². The molecule has 0 nitrogen and oxygen atoms in total. The molecule has 0 bridgehead atoms. The molecule has 11 heavy (non-hydrogen) atoms. The standard InChI is InChI=1S/C9H15Cl2/c1-2-9(10,11)8-6-4-3-5-7-8/h8H,1-7H2. The van der Waals surface area contributed by atoms with Gasteiger partial charge in [-0.3, -0.25) is 0 Å². The van der Waals surface area contributed by atoms with Crippen LogP contribution in [0.2, 0.25) is 0 Å². The Morgan fingerprint density at radius 1 is 1.18 bits per heavy atom. The lowest BCUT2D eigenvalue weighted by Crippen LogP contribution is -2.26. The van der Waals surface area contributed by atoms with Crippen LogP contribution < -0.4 is 0 Å². The average molecular weight is 194 g/mol. The molecule has 1 aliphatic rings. The van der Waals surface area contributed by atoms with E-state index in [4.69, 9.17) is 23.2 Å². The lowest BCUT2D eigenvalue weighted by atomic mass is 9.85. The highest BCUT2D eigenvalue weighted by Gasteiger charge is 2.33. The molecule has 0 N–H and O–H groups in total. The zero-order valence-electron chi connectivity index (χ0n) is 6.78. The molecule has 0 aliphatic heterocycles. The van der Waals surface area contributed by atoms with E-state index in [1.807, 2.05) is 0 Å². The first kappa shape index (κ1) is 9.67. The fourth-order valence-electron chi connectivity index (χ4n) is 1.73. The second-order valence-electron chi connectivity index (χ2n) is 3.35. The molecule has 1 radical (unpaired) electrons. The average Bonchev–Trinajstić information content (AvgIpc) is 2.06. The Kier molecular flexibility index (Phi) is 3.52. The van der Waals surface area contributed by atoms with Crippen molar-refractivity contribution in [2.24, 2.45) is 5.92 Å². The summed E-state index contributed by atoms with van der Waals surface area (Å²) in [5, 5.41) is 0.